The second-order valence-corrected chi connectivity index (χ2v) is 6.61. The molecule has 0 aliphatic rings. The van der Waals surface area contributed by atoms with Crippen molar-refractivity contribution >= 4 is 15.7 Å². The third-order valence-electron chi connectivity index (χ3n) is 2.37. The zero-order valence-corrected chi connectivity index (χ0v) is 12.0. The third kappa shape index (κ3) is 3.69. The lowest BCUT2D eigenvalue weighted by atomic mass is 10.1. The Morgan fingerprint density at radius 3 is 2.50 bits per heavy atom. The quantitative estimate of drug-likeness (QED) is 0.791. The predicted molar refractivity (Wildman–Crippen MR) is 71.9 cm³/mol. The molecule has 0 spiro atoms. The standard InChI is InChI=1S/C12H20N2O3S/c1-9-5-6-11(10(13)7-9)18(15,16)14-12(2,3)8-17-4/h5-7,14H,8,13H2,1-4H3. The number of benzene rings is 1. The Bertz CT molecular complexity index is 524. The van der Waals surface area contributed by atoms with Gasteiger partial charge in [-0.05, 0) is 38.5 Å². The summed E-state index contributed by atoms with van der Waals surface area (Å²) in [5, 5.41) is 0. The van der Waals surface area contributed by atoms with Crippen LogP contribution in [0.5, 0.6) is 0 Å². The van der Waals surface area contributed by atoms with E-state index in [2.05, 4.69) is 4.72 Å². The molecule has 0 saturated carbocycles. The number of rotatable bonds is 5. The minimum Gasteiger partial charge on any atom is -0.398 e. The first-order valence-corrected chi connectivity index (χ1v) is 7.05. The highest BCUT2D eigenvalue weighted by molar-refractivity contribution is 7.89. The maximum absolute atomic E-state index is 12.2. The van der Waals surface area contributed by atoms with Gasteiger partial charge in [0.05, 0.1) is 17.8 Å². The molecule has 6 heteroatoms. The van der Waals surface area contributed by atoms with Gasteiger partial charge in [0.25, 0.3) is 0 Å². The molecule has 0 saturated heterocycles. The average molecular weight is 272 g/mol. The van der Waals surface area contributed by atoms with E-state index in [1.807, 2.05) is 6.92 Å². The highest BCUT2D eigenvalue weighted by atomic mass is 32.2. The summed E-state index contributed by atoms with van der Waals surface area (Å²) in [6.07, 6.45) is 0. The number of methoxy groups -OCH3 is 1. The molecule has 5 nitrogen and oxygen atoms in total. The fraction of sp³-hybridized carbons (Fsp3) is 0.500. The van der Waals surface area contributed by atoms with E-state index in [4.69, 9.17) is 10.5 Å². The minimum absolute atomic E-state index is 0.0947. The summed E-state index contributed by atoms with van der Waals surface area (Å²) in [5.74, 6) is 0. The average Bonchev–Trinajstić information content (AvgIpc) is 2.14. The molecule has 0 bridgehead atoms. The fourth-order valence-electron chi connectivity index (χ4n) is 1.72. The predicted octanol–water partition coefficient (Wildman–Crippen LogP) is 1.28. The van der Waals surface area contributed by atoms with Crippen LogP contribution < -0.4 is 10.5 Å². The number of hydrogen-bond acceptors (Lipinski definition) is 4. The van der Waals surface area contributed by atoms with Crippen molar-refractivity contribution in [3.05, 3.63) is 23.8 Å². The highest BCUT2D eigenvalue weighted by Gasteiger charge is 2.27. The Kier molecular flexibility index (Phi) is 4.37. The Morgan fingerprint density at radius 1 is 1.39 bits per heavy atom. The number of nitrogens with one attached hydrogen (secondary N) is 1. The van der Waals surface area contributed by atoms with Crippen LogP contribution in [0.25, 0.3) is 0 Å². The molecule has 0 fully saturated rings. The molecule has 1 aromatic carbocycles. The monoisotopic (exact) mass is 272 g/mol. The number of hydrogen-bond donors (Lipinski definition) is 2. The van der Waals surface area contributed by atoms with E-state index in [0.29, 0.717) is 0 Å². The van der Waals surface area contributed by atoms with Gasteiger partial charge in [0.2, 0.25) is 10.0 Å². The molecule has 102 valence electrons. The van der Waals surface area contributed by atoms with E-state index < -0.39 is 15.6 Å². The van der Waals surface area contributed by atoms with Crippen molar-refractivity contribution in [3.63, 3.8) is 0 Å². The number of anilines is 1. The molecule has 0 heterocycles. The van der Waals surface area contributed by atoms with Crippen LogP contribution in [0.15, 0.2) is 23.1 Å². The molecule has 1 rings (SSSR count). The van der Waals surface area contributed by atoms with E-state index in [0.717, 1.165) is 5.56 Å². The largest absolute Gasteiger partial charge is 0.398 e. The van der Waals surface area contributed by atoms with Gasteiger partial charge in [0.1, 0.15) is 4.90 Å². The van der Waals surface area contributed by atoms with Crippen molar-refractivity contribution in [3.8, 4) is 0 Å². The Morgan fingerprint density at radius 2 is 2.00 bits per heavy atom. The zero-order valence-electron chi connectivity index (χ0n) is 11.1. The topological polar surface area (TPSA) is 81.4 Å². The molecule has 18 heavy (non-hydrogen) atoms. The molecule has 0 amide bonds. The maximum atomic E-state index is 12.2. The van der Waals surface area contributed by atoms with E-state index in [1.54, 1.807) is 26.0 Å². The second-order valence-electron chi connectivity index (χ2n) is 4.96. The first-order chi connectivity index (χ1) is 8.18. The van der Waals surface area contributed by atoms with Gasteiger partial charge in [-0.15, -0.1) is 0 Å². The second kappa shape index (κ2) is 5.26. The Labute approximate surface area is 108 Å². The smallest absolute Gasteiger partial charge is 0.243 e. The summed E-state index contributed by atoms with van der Waals surface area (Å²) in [6, 6.07) is 4.86. The van der Waals surface area contributed by atoms with E-state index in [-0.39, 0.29) is 17.2 Å². The van der Waals surface area contributed by atoms with Gasteiger partial charge in [0.15, 0.2) is 0 Å². The Hall–Kier alpha value is -1.11. The van der Waals surface area contributed by atoms with Crippen LogP contribution in [0.1, 0.15) is 19.4 Å². The van der Waals surface area contributed by atoms with Gasteiger partial charge in [0, 0.05) is 7.11 Å². The molecule has 0 aliphatic carbocycles. The lowest BCUT2D eigenvalue weighted by molar-refractivity contribution is 0.141. The normalized spacial score (nSPS) is 12.7. The van der Waals surface area contributed by atoms with Crippen molar-refractivity contribution in [1.82, 2.24) is 4.72 Å². The van der Waals surface area contributed by atoms with Crippen molar-refractivity contribution in [2.24, 2.45) is 0 Å². The third-order valence-corrected chi connectivity index (χ3v) is 4.14. The van der Waals surface area contributed by atoms with Crippen LogP contribution in [-0.4, -0.2) is 27.7 Å². The van der Waals surface area contributed by atoms with Crippen molar-refractivity contribution < 1.29 is 13.2 Å². The number of ether oxygens (including phenoxy) is 1. The first kappa shape index (κ1) is 14.9. The molecule has 0 unspecified atom stereocenters. The lowest BCUT2D eigenvalue weighted by Gasteiger charge is -2.25. The van der Waals surface area contributed by atoms with Gasteiger partial charge >= 0.3 is 0 Å². The number of aryl methyl sites for hydroxylation is 1. The Balaban J connectivity index is 3.07. The first-order valence-electron chi connectivity index (χ1n) is 5.57. The number of nitrogen functional groups attached to an aromatic ring is 1. The minimum atomic E-state index is -3.64. The summed E-state index contributed by atoms with van der Waals surface area (Å²) in [7, 11) is -2.12. The number of sulfonamides is 1. The summed E-state index contributed by atoms with van der Waals surface area (Å²) >= 11 is 0. The molecule has 0 aromatic heterocycles. The summed E-state index contributed by atoms with van der Waals surface area (Å²) in [5.41, 5.74) is 6.23. The van der Waals surface area contributed by atoms with Crippen molar-refractivity contribution in [2.75, 3.05) is 19.5 Å². The van der Waals surface area contributed by atoms with Crippen LogP contribution in [0, 0.1) is 6.92 Å². The SMILES string of the molecule is COCC(C)(C)NS(=O)(=O)c1ccc(C)cc1N. The maximum Gasteiger partial charge on any atom is 0.243 e. The van der Waals surface area contributed by atoms with Gasteiger partial charge in [-0.1, -0.05) is 6.07 Å². The van der Waals surface area contributed by atoms with Crippen LogP contribution in [0.3, 0.4) is 0 Å². The van der Waals surface area contributed by atoms with Gasteiger partial charge in [-0.25, -0.2) is 13.1 Å². The molecule has 3 N–H and O–H groups in total. The summed E-state index contributed by atoms with van der Waals surface area (Å²) in [4.78, 5) is 0.0947. The summed E-state index contributed by atoms with van der Waals surface area (Å²) in [6.45, 7) is 5.63. The highest BCUT2D eigenvalue weighted by Crippen LogP contribution is 2.21. The van der Waals surface area contributed by atoms with Crippen LogP contribution in [-0.2, 0) is 14.8 Å². The van der Waals surface area contributed by atoms with Gasteiger partial charge in [-0.3, -0.25) is 0 Å². The van der Waals surface area contributed by atoms with E-state index >= 15 is 0 Å². The van der Waals surface area contributed by atoms with Crippen LogP contribution in [0.2, 0.25) is 0 Å². The van der Waals surface area contributed by atoms with E-state index in [1.165, 1.54) is 13.2 Å². The fourth-order valence-corrected chi connectivity index (χ4v) is 3.23. The zero-order chi connectivity index (χ0) is 14.0. The molecular weight excluding hydrogens is 252 g/mol. The van der Waals surface area contributed by atoms with Gasteiger partial charge in [-0.2, -0.15) is 0 Å². The lowest BCUT2D eigenvalue weighted by Crippen LogP contribution is -2.46. The number of nitrogens with two attached hydrogens (primary N) is 1. The molecule has 0 aliphatic heterocycles. The van der Waals surface area contributed by atoms with Crippen LogP contribution in [0.4, 0.5) is 5.69 Å². The van der Waals surface area contributed by atoms with Crippen LogP contribution >= 0.6 is 0 Å². The molecule has 0 atom stereocenters. The van der Waals surface area contributed by atoms with Crippen molar-refractivity contribution in [2.45, 2.75) is 31.2 Å². The van der Waals surface area contributed by atoms with E-state index in [9.17, 15) is 8.42 Å². The van der Waals surface area contributed by atoms with Gasteiger partial charge < -0.3 is 10.5 Å². The van der Waals surface area contributed by atoms with Crippen molar-refractivity contribution in [1.29, 1.82) is 0 Å². The molecule has 0 radical (unpaired) electrons. The molecular formula is C12H20N2O3S. The summed E-state index contributed by atoms with van der Waals surface area (Å²) < 4.78 is 32.0. The molecule has 1 aromatic rings.